The van der Waals surface area contributed by atoms with Gasteiger partial charge in [-0.15, -0.1) is 0 Å². The average molecular weight is 666 g/mol. The lowest BCUT2D eigenvalue weighted by Gasteiger charge is -2.51. The Kier molecular flexibility index (Phi) is 14.8. The molecule has 3 rings (SSSR count). The predicted octanol–water partition coefficient (Wildman–Crippen LogP) is 1.91. The fraction of sp³-hybridized carbons (Fsp3) is 0.844. The molecule has 268 valence electrons. The number of carbonyl (C=O) groups excluding carboxylic acids is 3. The van der Waals surface area contributed by atoms with E-state index in [9.17, 15) is 24.7 Å². The summed E-state index contributed by atoms with van der Waals surface area (Å²) in [4.78, 5) is 46.7. The van der Waals surface area contributed by atoms with Crippen molar-refractivity contribution in [2.45, 2.75) is 134 Å². The number of hydrogen-bond acceptors (Lipinski definition) is 12. The summed E-state index contributed by atoms with van der Waals surface area (Å²) in [6, 6.07) is -1.53. The normalized spacial score (nSPS) is 24.8. The average Bonchev–Trinajstić information content (AvgIpc) is 3.46. The molecule has 1 fully saturated rings. The quantitative estimate of drug-likeness (QED) is 0.0883. The highest BCUT2D eigenvalue weighted by Crippen LogP contribution is 2.49. The van der Waals surface area contributed by atoms with Crippen molar-refractivity contribution >= 4 is 29.8 Å². The van der Waals surface area contributed by atoms with Gasteiger partial charge in [-0.1, -0.05) is 52.4 Å². The van der Waals surface area contributed by atoms with Gasteiger partial charge in [0.2, 0.25) is 17.8 Å². The van der Waals surface area contributed by atoms with Crippen LogP contribution in [0, 0.1) is 5.92 Å². The molecular weight excluding hydrogens is 606 g/mol. The van der Waals surface area contributed by atoms with Gasteiger partial charge in [-0.05, 0) is 51.4 Å². The van der Waals surface area contributed by atoms with Crippen LogP contribution in [0.1, 0.15) is 111 Å². The molecule has 0 radical (unpaired) electrons. The number of guanidine groups is 2. The van der Waals surface area contributed by atoms with E-state index in [0.717, 1.165) is 56.1 Å². The van der Waals surface area contributed by atoms with Crippen molar-refractivity contribution in [2.24, 2.45) is 27.4 Å². The molecule has 4 atom stereocenters. The lowest BCUT2D eigenvalue weighted by Crippen LogP contribution is -2.76. The van der Waals surface area contributed by atoms with E-state index in [0.29, 0.717) is 51.7 Å². The van der Waals surface area contributed by atoms with Crippen LogP contribution in [0.3, 0.4) is 0 Å². The lowest BCUT2D eigenvalue weighted by atomic mass is 9.80. The van der Waals surface area contributed by atoms with Crippen LogP contribution in [0.25, 0.3) is 0 Å². The summed E-state index contributed by atoms with van der Waals surface area (Å²) >= 11 is 0. The molecule has 0 saturated carbocycles. The number of rotatable bonds is 21. The van der Waals surface area contributed by atoms with Crippen LogP contribution in [-0.2, 0) is 14.3 Å². The number of unbranched alkanes of at least 4 members (excludes halogenated alkanes) is 7. The van der Waals surface area contributed by atoms with E-state index in [2.05, 4.69) is 39.8 Å². The molecular formula is C32H59N9O6. The molecule has 15 nitrogen and oxygen atoms in total. The number of ether oxygens (including phenoxy) is 1. The maximum absolute atomic E-state index is 12.3. The molecule has 0 aliphatic carbocycles. The van der Waals surface area contributed by atoms with Crippen molar-refractivity contribution in [1.82, 2.24) is 25.9 Å². The van der Waals surface area contributed by atoms with E-state index in [1.54, 1.807) is 11.8 Å². The zero-order valence-electron chi connectivity index (χ0n) is 28.6. The molecule has 3 amide bonds. The molecule has 2 unspecified atom stereocenters. The zero-order chi connectivity index (χ0) is 34.5. The molecule has 15 heteroatoms. The number of carbonyl (C=O) groups is 3. The Labute approximate surface area is 279 Å². The summed E-state index contributed by atoms with van der Waals surface area (Å²) in [6.45, 7) is 8.05. The van der Waals surface area contributed by atoms with Crippen LogP contribution >= 0.6 is 0 Å². The first kappa shape index (κ1) is 38.1. The summed E-state index contributed by atoms with van der Waals surface area (Å²) in [5.41, 5.74) is 9.28. The molecule has 0 aromatic carbocycles. The van der Waals surface area contributed by atoms with Crippen molar-refractivity contribution < 1.29 is 29.4 Å². The van der Waals surface area contributed by atoms with Crippen LogP contribution in [0.4, 0.5) is 4.79 Å². The SMILES string of the molecule is CC(C)CCCCCCNC(=O)CCCCC(=O)NCCCCCCNC(=O)OC[C@@H]1N=C(N)N2CC[C@](C)(O)C23C1N=C(N)N3O. The van der Waals surface area contributed by atoms with Crippen molar-refractivity contribution in [2.75, 3.05) is 32.8 Å². The Morgan fingerprint density at radius 2 is 1.43 bits per heavy atom. The number of amides is 3. The molecule has 0 aromatic heterocycles. The summed E-state index contributed by atoms with van der Waals surface area (Å²) < 4.78 is 5.39. The third-order valence-corrected chi connectivity index (χ3v) is 9.36. The number of nitrogens with zero attached hydrogens (tertiary/aromatic N) is 4. The van der Waals surface area contributed by atoms with E-state index in [-0.39, 0.29) is 30.3 Å². The third-order valence-electron chi connectivity index (χ3n) is 9.36. The fourth-order valence-corrected chi connectivity index (χ4v) is 6.71. The van der Waals surface area contributed by atoms with Gasteiger partial charge in [0.1, 0.15) is 24.3 Å². The number of nitrogens with two attached hydrogens (primary N) is 2. The molecule has 3 aliphatic heterocycles. The van der Waals surface area contributed by atoms with Gasteiger partial charge in [0.25, 0.3) is 0 Å². The van der Waals surface area contributed by atoms with Gasteiger partial charge in [-0.3, -0.25) is 14.8 Å². The third kappa shape index (κ3) is 10.3. The lowest BCUT2D eigenvalue weighted by molar-refractivity contribution is -0.216. The van der Waals surface area contributed by atoms with E-state index in [1.807, 2.05) is 0 Å². The number of nitrogens with one attached hydrogen (secondary N) is 3. The first-order valence-electron chi connectivity index (χ1n) is 17.5. The number of alkyl carbamates (subject to hydrolysis) is 1. The Morgan fingerprint density at radius 1 is 0.872 bits per heavy atom. The zero-order valence-corrected chi connectivity index (χ0v) is 28.6. The summed E-state index contributed by atoms with van der Waals surface area (Å²) in [5, 5.41) is 31.3. The Balaban J connectivity index is 1.17. The standard InChI is InChI=1S/C32H59N9O6/c1-23(2)14-8-4-5-11-18-35-25(42)15-9-10-16-26(43)36-19-12-6-7-13-20-37-30(44)47-22-24-27-32(41(46)29(34)39-27)31(3,45)17-21-40(32)28(33)38-24/h23-24,27,45-46H,4-22H2,1-3H3,(H2,33,38)(H2,34,39)(H,35,42)(H,36,43)(H,37,44)/t24-,27?,31-,32?/m0/s1. The Morgan fingerprint density at radius 3 is 2.00 bits per heavy atom. The number of hydrogen-bond donors (Lipinski definition) is 7. The largest absolute Gasteiger partial charge is 0.447 e. The Bertz CT molecular complexity index is 1100. The van der Waals surface area contributed by atoms with E-state index < -0.39 is 29.4 Å². The van der Waals surface area contributed by atoms with E-state index in [4.69, 9.17) is 16.2 Å². The van der Waals surface area contributed by atoms with Crippen molar-refractivity contribution in [3.8, 4) is 0 Å². The minimum Gasteiger partial charge on any atom is -0.447 e. The summed E-state index contributed by atoms with van der Waals surface area (Å²) in [7, 11) is 0. The van der Waals surface area contributed by atoms with Crippen molar-refractivity contribution in [1.29, 1.82) is 0 Å². The topological polar surface area (TPSA) is 220 Å². The molecule has 1 spiro atoms. The molecule has 3 heterocycles. The van der Waals surface area contributed by atoms with Crippen LogP contribution < -0.4 is 27.4 Å². The van der Waals surface area contributed by atoms with Gasteiger partial charge in [0, 0.05) is 39.0 Å². The maximum Gasteiger partial charge on any atom is 0.407 e. The van der Waals surface area contributed by atoms with E-state index in [1.165, 1.54) is 19.3 Å². The number of aliphatic imine (C=N–C) groups is 2. The minimum absolute atomic E-state index is 0.00753. The van der Waals surface area contributed by atoms with Crippen LogP contribution in [0.2, 0.25) is 0 Å². The number of hydroxylamine groups is 2. The fourth-order valence-electron chi connectivity index (χ4n) is 6.71. The van der Waals surface area contributed by atoms with Crippen LogP contribution in [0.5, 0.6) is 0 Å². The monoisotopic (exact) mass is 665 g/mol. The first-order valence-corrected chi connectivity index (χ1v) is 17.5. The highest BCUT2D eigenvalue weighted by atomic mass is 16.5. The second-order valence-electron chi connectivity index (χ2n) is 13.6. The molecule has 0 aromatic rings. The molecule has 0 bridgehead atoms. The minimum atomic E-state index is -1.42. The predicted molar refractivity (Wildman–Crippen MR) is 179 cm³/mol. The smallest absolute Gasteiger partial charge is 0.407 e. The van der Waals surface area contributed by atoms with Gasteiger partial charge in [-0.25, -0.2) is 14.8 Å². The van der Waals surface area contributed by atoms with Crippen molar-refractivity contribution in [3.63, 3.8) is 0 Å². The number of aliphatic hydroxyl groups is 1. The van der Waals surface area contributed by atoms with Crippen LogP contribution in [-0.4, -0.2) is 106 Å². The van der Waals surface area contributed by atoms with E-state index >= 15 is 0 Å². The molecule has 9 N–H and O–H groups in total. The highest BCUT2D eigenvalue weighted by molar-refractivity contribution is 5.86. The summed E-state index contributed by atoms with van der Waals surface area (Å²) in [6.07, 6.45) is 11.3. The van der Waals surface area contributed by atoms with Gasteiger partial charge >= 0.3 is 6.09 Å². The first-order chi connectivity index (χ1) is 22.4. The van der Waals surface area contributed by atoms with Crippen molar-refractivity contribution in [3.05, 3.63) is 0 Å². The van der Waals surface area contributed by atoms with Gasteiger partial charge in [0.15, 0.2) is 11.6 Å². The second-order valence-corrected chi connectivity index (χ2v) is 13.6. The summed E-state index contributed by atoms with van der Waals surface area (Å²) in [5.74, 6) is 0.779. The maximum atomic E-state index is 12.3. The van der Waals surface area contributed by atoms with Gasteiger partial charge in [0.05, 0.1) is 0 Å². The molecule has 47 heavy (non-hydrogen) atoms. The van der Waals surface area contributed by atoms with Gasteiger partial charge < -0.3 is 42.2 Å². The Hall–Kier alpha value is -3.33. The van der Waals surface area contributed by atoms with Crippen LogP contribution in [0.15, 0.2) is 9.98 Å². The molecule has 3 aliphatic rings. The highest BCUT2D eigenvalue weighted by Gasteiger charge is 2.71. The van der Waals surface area contributed by atoms with Gasteiger partial charge in [-0.2, -0.15) is 5.06 Å². The molecule has 1 saturated heterocycles. The second kappa shape index (κ2) is 18.3.